The van der Waals surface area contributed by atoms with E-state index >= 15 is 0 Å². The topological polar surface area (TPSA) is 152 Å². The van der Waals surface area contributed by atoms with Gasteiger partial charge in [-0.05, 0) is 76.6 Å². The molecule has 0 bridgehead atoms. The predicted octanol–water partition coefficient (Wildman–Crippen LogP) is 5.42. The number of ether oxygens (including phenoxy) is 2. The lowest BCUT2D eigenvalue weighted by Gasteiger charge is -2.31. The highest BCUT2D eigenvalue weighted by atomic mass is 35.5. The quantitative estimate of drug-likeness (QED) is 0.257. The molecule has 3 aromatic rings. The molecule has 0 spiro atoms. The van der Waals surface area contributed by atoms with Crippen molar-refractivity contribution in [2.75, 3.05) is 12.4 Å². The maximum absolute atomic E-state index is 13.4. The van der Waals surface area contributed by atoms with Gasteiger partial charge in [0.1, 0.15) is 16.8 Å². The van der Waals surface area contributed by atoms with E-state index in [0.717, 1.165) is 25.7 Å². The van der Waals surface area contributed by atoms with Crippen molar-refractivity contribution < 1.29 is 23.9 Å². The smallest absolute Gasteiger partial charge is 0.318 e. The van der Waals surface area contributed by atoms with Crippen LogP contribution in [0.15, 0.2) is 35.3 Å². The lowest BCUT2D eigenvalue weighted by molar-refractivity contribution is -0.154. The Labute approximate surface area is 255 Å². The number of rotatable bonds is 10. The second-order valence-electron chi connectivity index (χ2n) is 11.8. The van der Waals surface area contributed by atoms with Gasteiger partial charge < -0.3 is 25.1 Å². The van der Waals surface area contributed by atoms with Crippen LogP contribution < -0.4 is 20.9 Å². The van der Waals surface area contributed by atoms with E-state index in [1.165, 1.54) is 37.9 Å². The maximum Gasteiger partial charge on any atom is 0.318 e. The van der Waals surface area contributed by atoms with Crippen LogP contribution in [0.3, 0.4) is 0 Å². The average Bonchev–Trinajstić information content (AvgIpc) is 2.96. The molecular formula is C31H38ClN5O6. The third kappa shape index (κ3) is 8.76. The van der Waals surface area contributed by atoms with Crippen LogP contribution in [0, 0.1) is 5.92 Å². The zero-order chi connectivity index (χ0) is 31.1. The van der Waals surface area contributed by atoms with Gasteiger partial charge in [-0.15, -0.1) is 0 Å². The number of hydrogen-bond donors (Lipinski definition) is 3. The van der Waals surface area contributed by atoms with Crippen LogP contribution in [0.2, 0.25) is 5.02 Å². The minimum atomic E-state index is -0.708. The van der Waals surface area contributed by atoms with Gasteiger partial charge in [-0.2, -0.15) is 4.98 Å². The maximum atomic E-state index is 13.4. The molecule has 1 fully saturated rings. The third-order valence-electron chi connectivity index (χ3n) is 7.33. The fourth-order valence-corrected chi connectivity index (χ4v) is 5.43. The largest absolute Gasteiger partial charge is 0.467 e. The minimum Gasteiger partial charge on any atom is -0.467 e. The number of carbonyl (C=O) groups excluding carboxylic acids is 3. The van der Waals surface area contributed by atoms with Crippen LogP contribution >= 0.6 is 11.6 Å². The van der Waals surface area contributed by atoms with Crippen molar-refractivity contribution in [1.29, 1.82) is 0 Å². The molecule has 12 heteroatoms. The van der Waals surface area contributed by atoms with Crippen LogP contribution in [-0.4, -0.2) is 51.5 Å². The Bertz CT molecular complexity index is 1540. The molecule has 1 unspecified atom stereocenters. The second-order valence-corrected chi connectivity index (χ2v) is 12.2. The van der Waals surface area contributed by atoms with Crippen LogP contribution in [0.5, 0.6) is 6.01 Å². The van der Waals surface area contributed by atoms with Gasteiger partial charge in [-0.1, -0.05) is 30.9 Å². The molecule has 230 valence electrons. The van der Waals surface area contributed by atoms with E-state index in [2.05, 4.69) is 25.6 Å². The summed E-state index contributed by atoms with van der Waals surface area (Å²) in [5.41, 5.74) is -0.652. The average molecular weight is 612 g/mol. The van der Waals surface area contributed by atoms with E-state index in [0.29, 0.717) is 29.7 Å². The minimum absolute atomic E-state index is 0.0796. The molecule has 0 aliphatic heterocycles. The summed E-state index contributed by atoms with van der Waals surface area (Å²) in [7, 11) is 1.40. The van der Waals surface area contributed by atoms with Crippen molar-refractivity contribution in [2.24, 2.45) is 5.92 Å². The Morgan fingerprint density at radius 3 is 2.56 bits per heavy atom. The highest BCUT2D eigenvalue weighted by Gasteiger charge is 2.26. The Kier molecular flexibility index (Phi) is 10.4. The van der Waals surface area contributed by atoms with E-state index < -0.39 is 17.1 Å². The van der Waals surface area contributed by atoms with Gasteiger partial charge in [0, 0.05) is 29.6 Å². The number of aromatic amines is 1. The van der Waals surface area contributed by atoms with Gasteiger partial charge in [-0.25, -0.2) is 4.98 Å². The number of nitrogens with one attached hydrogen (secondary N) is 3. The number of fused-ring (bicyclic) bond motifs is 1. The third-order valence-corrected chi connectivity index (χ3v) is 7.66. The molecule has 4 rings (SSSR count). The summed E-state index contributed by atoms with van der Waals surface area (Å²) in [6.45, 7) is 5.52. The van der Waals surface area contributed by atoms with Crippen molar-refractivity contribution in [3.63, 3.8) is 0 Å². The van der Waals surface area contributed by atoms with E-state index in [1.807, 2.05) is 20.8 Å². The Balaban J connectivity index is 1.47. The molecule has 3 N–H and O–H groups in total. The molecule has 2 amide bonds. The number of amides is 2. The van der Waals surface area contributed by atoms with Gasteiger partial charge in [0.05, 0.1) is 17.8 Å². The molecule has 1 atom stereocenters. The Morgan fingerprint density at radius 1 is 1.12 bits per heavy atom. The van der Waals surface area contributed by atoms with Gasteiger partial charge in [0.2, 0.25) is 0 Å². The highest BCUT2D eigenvalue weighted by Crippen LogP contribution is 2.30. The number of H-pyrrole nitrogens is 1. The molecule has 1 aliphatic carbocycles. The number of nitrogens with zero attached hydrogens (tertiary/aromatic N) is 2. The van der Waals surface area contributed by atoms with E-state index in [1.54, 1.807) is 6.07 Å². The molecule has 1 aromatic carbocycles. The number of benzene rings is 1. The van der Waals surface area contributed by atoms with Gasteiger partial charge in [-0.3, -0.25) is 19.2 Å². The number of pyridine rings is 1. The van der Waals surface area contributed by atoms with E-state index in [-0.39, 0.29) is 52.3 Å². The predicted molar refractivity (Wildman–Crippen MR) is 164 cm³/mol. The number of carbonyl (C=O) groups is 3. The first-order valence-electron chi connectivity index (χ1n) is 14.5. The van der Waals surface area contributed by atoms with Crippen LogP contribution in [0.25, 0.3) is 11.0 Å². The summed E-state index contributed by atoms with van der Waals surface area (Å²) >= 11 is 6.36. The fraction of sp³-hybridized carbons (Fsp3) is 0.484. The van der Waals surface area contributed by atoms with E-state index in [4.69, 9.17) is 21.1 Å². The summed E-state index contributed by atoms with van der Waals surface area (Å²) in [5, 5.41) is 6.45. The Morgan fingerprint density at radius 2 is 1.86 bits per heavy atom. The van der Waals surface area contributed by atoms with Crippen molar-refractivity contribution in [2.45, 2.75) is 83.8 Å². The number of aromatic nitrogens is 3. The summed E-state index contributed by atoms with van der Waals surface area (Å²) < 4.78 is 10.4. The van der Waals surface area contributed by atoms with Crippen molar-refractivity contribution in [3.05, 3.63) is 57.0 Å². The molecule has 43 heavy (non-hydrogen) atoms. The number of halogens is 1. The monoisotopic (exact) mass is 611 g/mol. The Hall–Kier alpha value is -3.99. The van der Waals surface area contributed by atoms with Crippen LogP contribution in [0.4, 0.5) is 5.69 Å². The number of esters is 1. The summed E-state index contributed by atoms with van der Waals surface area (Å²) in [6, 6.07) is 5.93. The van der Waals surface area contributed by atoms with Crippen molar-refractivity contribution >= 4 is 46.1 Å². The van der Waals surface area contributed by atoms with Gasteiger partial charge >= 0.3 is 12.0 Å². The number of hydrogen-bond acceptors (Lipinski definition) is 8. The normalized spacial score (nSPS) is 14.6. The highest BCUT2D eigenvalue weighted by molar-refractivity contribution is 6.34. The van der Waals surface area contributed by atoms with Crippen molar-refractivity contribution in [1.82, 2.24) is 20.3 Å². The fourth-order valence-electron chi connectivity index (χ4n) is 5.27. The van der Waals surface area contributed by atoms with Crippen molar-refractivity contribution in [3.8, 4) is 6.01 Å². The molecule has 2 heterocycles. The van der Waals surface area contributed by atoms with Crippen LogP contribution in [-0.2, 0) is 9.53 Å². The molecule has 1 saturated carbocycles. The summed E-state index contributed by atoms with van der Waals surface area (Å²) in [4.78, 5) is 62.0. The zero-order valence-corrected chi connectivity index (χ0v) is 25.7. The lowest BCUT2D eigenvalue weighted by atomic mass is 9.82. The standard InChI is InChI=1S/C31H38ClN5O6/c1-31(2,3)43-25(38)12-8-11-23(18-9-6-5-7-10-18)34-27(39)19-13-14-22(32)24(16-19)35-28(40)21-15-20-17-33-30(42-4)37-26(20)36-29(21)41/h13-18,23H,5-12H2,1-4H3,(H,34,39)(H,35,40)(H,33,36,37,41). The first kappa shape index (κ1) is 31.9. The molecule has 0 radical (unpaired) electrons. The first-order valence-corrected chi connectivity index (χ1v) is 14.9. The lowest BCUT2D eigenvalue weighted by Crippen LogP contribution is -2.41. The number of anilines is 1. The van der Waals surface area contributed by atoms with E-state index in [9.17, 15) is 19.2 Å². The van der Waals surface area contributed by atoms with Gasteiger partial charge in [0.15, 0.2) is 0 Å². The second kappa shape index (κ2) is 14.0. The molecule has 0 saturated heterocycles. The zero-order valence-electron chi connectivity index (χ0n) is 24.9. The molecule has 2 aromatic heterocycles. The number of methoxy groups -OCH3 is 1. The SMILES string of the molecule is COc1ncc2cc(C(=O)Nc3cc(C(=O)NC(CCCC(=O)OC(C)(C)C)C4CCCCC4)ccc3Cl)c(=O)[nH]c2n1. The molecule has 1 aliphatic rings. The molecule has 11 nitrogen and oxygen atoms in total. The summed E-state index contributed by atoms with van der Waals surface area (Å²) in [6.07, 6.45) is 8.36. The van der Waals surface area contributed by atoms with Gasteiger partial charge in [0.25, 0.3) is 17.4 Å². The summed E-state index contributed by atoms with van der Waals surface area (Å²) in [5.74, 6) is -0.960. The molecular weight excluding hydrogens is 574 g/mol. The first-order chi connectivity index (χ1) is 20.4. The van der Waals surface area contributed by atoms with Crippen LogP contribution in [0.1, 0.15) is 92.9 Å².